The fraction of sp³-hybridized carbons (Fsp3) is 0.355. The molecule has 0 spiro atoms. The molecular formula is C31H38ClN3O4S. The molecule has 0 heterocycles. The first-order valence-corrected chi connectivity index (χ1v) is 15.6. The minimum Gasteiger partial charge on any atom is -0.352 e. The number of nitrogens with zero attached hydrogens (tertiary/aromatic N) is 2. The summed E-state index contributed by atoms with van der Waals surface area (Å²) in [4.78, 5) is 29.3. The van der Waals surface area contributed by atoms with E-state index in [4.69, 9.17) is 11.6 Å². The molecule has 3 aromatic carbocycles. The summed E-state index contributed by atoms with van der Waals surface area (Å²) < 4.78 is 27.0. The topological polar surface area (TPSA) is 86.8 Å². The van der Waals surface area contributed by atoms with Gasteiger partial charge in [-0.3, -0.25) is 13.9 Å². The largest absolute Gasteiger partial charge is 0.352 e. The first-order chi connectivity index (χ1) is 18.9. The SMILES string of the molecule is CC[C@@H](C)NC(=O)[C@@H](Cc1ccccc1)N(Cc1ccccc1Cl)C(=O)CN(c1ccc(C)c(C)c1)S(C)(=O)=O. The zero-order valence-electron chi connectivity index (χ0n) is 23.7. The molecule has 1 N–H and O–H groups in total. The highest BCUT2D eigenvalue weighted by atomic mass is 35.5. The first kappa shape index (κ1) is 31.2. The van der Waals surface area contributed by atoms with Gasteiger partial charge in [-0.1, -0.05) is 73.1 Å². The Labute approximate surface area is 243 Å². The summed E-state index contributed by atoms with van der Waals surface area (Å²) in [6.45, 7) is 7.27. The molecule has 3 rings (SSSR count). The average Bonchev–Trinajstić information content (AvgIpc) is 2.91. The van der Waals surface area contributed by atoms with Gasteiger partial charge in [-0.25, -0.2) is 8.42 Å². The van der Waals surface area contributed by atoms with E-state index in [0.29, 0.717) is 16.3 Å². The Bertz CT molecular complexity index is 1430. The molecule has 9 heteroatoms. The van der Waals surface area contributed by atoms with Crippen LogP contribution in [0.1, 0.15) is 42.5 Å². The van der Waals surface area contributed by atoms with Crippen molar-refractivity contribution in [1.82, 2.24) is 10.2 Å². The number of nitrogens with one attached hydrogen (secondary N) is 1. The van der Waals surface area contributed by atoms with Gasteiger partial charge in [0.25, 0.3) is 0 Å². The summed E-state index contributed by atoms with van der Waals surface area (Å²) in [5.74, 6) is -0.820. The number of halogens is 1. The number of rotatable bonds is 12. The molecule has 3 aromatic rings. The van der Waals surface area contributed by atoms with Crippen molar-refractivity contribution in [1.29, 1.82) is 0 Å². The quantitative estimate of drug-likeness (QED) is 0.314. The van der Waals surface area contributed by atoms with Gasteiger partial charge in [0.15, 0.2) is 0 Å². The van der Waals surface area contributed by atoms with E-state index in [2.05, 4.69) is 5.32 Å². The van der Waals surface area contributed by atoms with Crippen LogP contribution in [-0.2, 0) is 32.6 Å². The maximum absolute atomic E-state index is 14.1. The first-order valence-electron chi connectivity index (χ1n) is 13.3. The lowest BCUT2D eigenvalue weighted by Gasteiger charge is -2.34. The normalized spacial score (nSPS) is 12.8. The Hall–Kier alpha value is -3.36. The van der Waals surface area contributed by atoms with Gasteiger partial charge in [0.05, 0.1) is 11.9 Å². The van der Waals surface area contributed by atoms with Crippen molar-refractivity contribution >= 4 is 39.1 Å². The second-order valence-electron chi connectivity index (χ2n) is 10.2. The number of anilines is 1. The third-order valence-corrected chi connectivity index (χ3v) is 8.54. The fourth-order valence-electron chi connectivity index (χ4n) is 4.30. The Kier molecular flexibility index (Phi) is 10.8. The molecular weight excluding hydrogens is 546 g/mol. The maximum Gasteiger partial charge on any atom is 0.244 e. The van der Waals surface area contributed by atoms with Crippen LogP contribution < -0.4 is 9.62 Å². The van der Waals surface area contributed by atoms with Crippen molar-refractivity contribution in [2.24, 2.45) is 0 Å². The summed E-state index contributed by atoms with van der Waals surface area (Å²) in [5, 5.41) is 3.47. The second kappa shape index (κ2) is 13.8. The minimum atomic E-state index is -3.83. The highest BCUT2D eigenvalue weighted by Gasteiger charge is 2.33. The van der Waals surface area contributed by atoms with Gasteiger partial charge in [-0.05, 0) is 67.6 Å². The molecule has 0 unspecified atom stereocenters. The van der Waals surface area contributed by atoms with Crippen LogP contribution in [0.2, 0.25) is 5.02 Å². The molecule has 0 bridgehead atoms. The van der Waals surface area contributed by atoms with Crippen LogP contribution in [0.5, 0.6) is 0 Å². The van der Waals surface area contributed by atoms with Gasteiger partial charge >= 0.3 is 0 Å². The van der Waals surface area contributed by atoms with E-state index in [1.165, 1.54) is 4.90 Å². The number of carbonyl (C=O) groups is 2. The maximum atomic E-state index is 14.1. The molecule has 0 aliphatic rings. The fourth-order valence-corrected chi connectivity index (χ4v) is 5.34. The molecule has 2 amide bonds. The predicted molar refractivity (Wildman–Crippen MR) is 162 cm³/mol. The second-order valence-corrected chi connectivity index (χ2v) is 12.5. The number of aryl methyl sites for hydroxylation is 2. The summed E-state index contributed by atoms with van der Waals surface area (Å²) in [6, 6.07) is 20.8. The number of amides is 2. The van der Waals surface area contributed by atoms with E-state index >= 15 is 0 Å². The monoisotopic (exact) mass is 583 g/mol. The molecule has 0 fully saturated rings. The van der Waals surface area contributed by atoms with E-state index in [0.717, 1.165) is 33.7 Å². The van der Waals surface area contributed by atoms with Crippen LogP contribution in [-0.4, -0.2) is 50.0 Å². The molecule has 2 atom stereocenters. The van der Waals surface area contributed by atoms with E-state index in [1.807, 2.05) is 70.2 Å². The van der Waals surface area contributed by atoms with Crippen molar-refractivity contribution < 1.29 is 18.0 Å². The van der Waals surface area contributed by atoms with Crippen molar-refractivity contribution in [3.8, 4) is 0 Å². The van der Waals surface area contributed by atoms with Gasteiger partial charge in [0.2, 0.25) is 21.8 Å². The van der Waals surface area contributed by atoms with Gasteiger partial charge in [-0.2, -0.15) is 0 Å². The summed E-state index contributed by atoms with van der Waals surface area (Å²) >= 11 is 6.49. The molecule has 0 aromatic heterocycles. The van der Waals surface area contributed by atoms with Crippen LogP contribution in [0.25, 0.3) is 0 Å². The van der Waals surface area contributed by atoms with Crippen molar-refractivity contribution in [2.45, 2.75) is 59.2 Å². The van der Waals surface area contributed by atoms with E-state index in [9.17, 15) is 18.0 Å². The Morgan fingerprint density at radius 3 is 2.20 bits per heavy atom. The summed E-state index contributed by atoms with van der Waals surface area (Å²) in [5.41, 5.74) is 3.83. The molecule has 7 nitrogen and oxygen atoms in total. The van der Waals surface area contributed by atoms with Gasteiger partial charge in [-0.15, -0.1) is 0 Å². The lowest BCUT2D eigenvalue weighted by Crippen LogP contribution is -2.54. The number of benzene rings is 3. The van der Waals surface area contributed by atoms with Crippen LogP contribution >= 0.6 is 11.6 Å². The molecule has 0 radical (unpaired) electrons. The summed E-state index contributed by atoms with van der Waals surface area (Å²) in [7, 11) is -3.83. The summed E-state index contributed by atoms with van der Waals surface area (Å²) in [6.07, 6.45) is 2.05. The van der Waals surface area contributed by atoms with E-state index in [1.54, 1.807) is 30.3 Å². The zero-order valence-corrected chi connectivity index (χ0v) is 25.3. The van der Waals surface area contributed by atoms with E-state index in [-0.39, 0.29) is 24.9 Å². The highest BCUT2D eigenvalue weighted by molar-refractivity contribution is 7.92. The Morgan fingerprint density at radius 2 is 1.60 bits per heavy atom. The van der Waals surface area contributed by atoms with Crippen molar-refractivity contribution in [2.75, 3.05) is 17.1 Å². The minimum absolute atomic E-state index is 0.0362. The highest BCUT2D eigenvalue weighted by Crippen LogP contribution is 2.24. The molecule has 0 saturated heterocycles. The molecule has 0 aliphatic heterocycles. The standard InChI is InChI=1S/C31H38ClN3O4S/c1-6-24(4)33-31(37)29(19-25-12-8-7-9-13-25)34(20-26-14-10-11-15-28(26)32)30(36)21-35(40(5,38)39)27-17-16-22(2)23(3)18-27/h7-18,24,29H,6,19-21H2,1-5H3,(H,33,37)/t24-,29-/m1/s1. The van der Waals surface area contributed by atoms with Crippen LogP contribution in [0.3, 0.4) is 0 Å². The smallest absolute Gasteiger partial charge is 0.244 e. The number of sulfonamides is 1. The zero-order chi connectivity index (χ0) is 29.4. The average molecular weight is 584 g/mol. The lowest BCUT2D eigenvalue weighted by molar-refractivity contribution is -0.140. The number of hydrogen-bond acceptors (Lipinski definition) is 4. The van der Waals surface area contributed by atoms with Crippen LogP contribution in [0, 0.1) is 13.8 Å². The number of carbonyl (C=O) groups excluding carboxylic acids is 2. The van der Waals surface area contributed by atoms with Crippen molar-refractivity contribution in [3.05, 3.63) is 100 Å². The third-order valence-electron chi connectivity index (χ3n) is 7.03. The molecule has 214 valence electrons. The third kappa shape index (κ3) is 8.32. The van der Waals surface area contributed by atoms with Gasteiger partial charge in [0, 0.05) is 24.0 Å². The molecule has 0 saturated carbocycles. The van der Waals surface area contributed by atoms with Crippen LogP contribution in [0.4, 0.5) is 5.69 Å². The van der Waals surface area contributed by atoms with E-state index < -0.39 is 28.5 Å². The van der Waals surface area contributed by atoms with Crippen molar-refractivity contribution in [3.63, 3.8) is 0 Å². The van der Waals surface area contributed by atoms with Gasteiger partial charge < -0.3 is 10.2 Å². The Balaban J connectivity index is 2.08. The lowest BCUT2D eigenvalue weighted by atomic mass is 10.0. The molecule has 40 heavy (non-hydrogen) atoms. The molecule has 0 aliphatic carbocycles. The number of hydrogen-bond donors (Lipinski definition) is 1. The van der Waals surface area contributed by atoms with Gasteiger partial charge in [0.1, 0.15) is 12.6 Å². The Morgan fingerprint density at radius 1 is 0.950 bits per heavy atom. The van der Waals surface area contributed by atoms with Crippen LogP contribution in [0.15, 0.2) is 72.8 Å². The predicted octanol–water partition coefficient (Wildman–Crippen LogP) is 5.28.